The molecule has 2 heteroatoms. The van der Waals surface area contributed by atoms with Crippen LogP contribution in [0.5, 0.6) is 0 Å². The molecular formula is C15H28N2. The van der Waals surface area contributed by atoms with Gasteiger partial charge in [-0.2, -0.15) is 0 Å². The fourth-order valence-corrected chi connectivity index (χ4v) is 4.42. The second kappa shape index (κ2) is 4.89. The summed E-state index contributed by atoms with van der Waals surface area (Å²) in [5.41, 5.74) is 0.667. The summed E-state index contributed by atoms with van der Waals surface area (Å²) in [5.74, 6) is 1.99. The van der Waals surface area contributed by atoms with Crippen LogP contribution in [0.2, 0.25) is 0 Å². The summed E-state index contributed by atoms with van der Waals surface area (Å²) in [7, 11) is 0. The van der Waals surface area contributed by atoms with Crippen LogP contribution < -0.4 is 5.32 Å². The normalized spacial score (nSPS) is 43.6. The third-order valence-electron chi connectivity index (χ3n) is 5.41. The summed E-state index contributed by atoms with van der Waals surface area (Å²) in [6, 6.07) is 0. The molecule has 2 saturated heterocycles. The van der Waals surface area contributed by atoms with Gasteiger partial charge in [-0.25, -0.2) is 0 Å². The van der Waals surface area contributed by atoms with Crippen molar-refractivity contribution in [2.75, 3.05) is 32.7 Å². The third-order valence-corrected chi connectivity index (χ3v) is 5.41. The van der Waals surface area contributed by atoms with E-state index in [0.29, 0.717) is 5.41 Å². The standard InChI is InChI=1S/C15H28N2/c1-13-3-2-4-14(9-13)10-17-8-6-15(12-17)5-7-16-11-15/h13-14,16H,2-12H2,1H3. The Bertz CT molecular complexity index is 258. The first-order valence-corrected chi connectivity index (χ1v) is 7.69. The van der Waals surface area contributed by atoms with Crippen molar-refractivity contribution in [3.63, 3.8) is 0 Å². The molecule has 0 aromatic carbocycles. The van der Waals surface area contributed by atoms with Gasteiger partial charge in [0, 0.05) is 19.6 Å². The zero-order chi connectivity index (χ0) is 11.7. The summed E-state index contributed by atoms with van der Waals surface area (Å²) in [5, 5.41) is 3.56. The van der Waals surface area contributed by atoms with Crippen molar-refractivity contribution in [3.8, 4) is 0 Å². The van der Waals surface area contributed by atoms with Crippen molar-refractivity contribution < 1.29 is 0 Å². The van der Waals surface area contributed by atoms with Crippen molar-refractivity contribution in [2.24, 2.45) is 17.3 Å². The Morgan fingerprint density at radius 1 is 1.29 bits per heavy atom. The molecule has 0 aromatic rings. The highest BCUT2D eigenvalue weighted by Gasteiger charge is 2.40. The van der Waals surface area contributed by atoms with E-state index in [1.165, 1.54) is 71.2 Å². The lowest BCUT2D eigenvalue weighted by atomic mass is 9.82. The molecule has 3 rings (SSSR count). The van der Waals surface area contributed by atoms with E-state index >= 15 is 0 Å². The van der Waals surface area contributed by atoms with Gasteiger partial charge in [-0.15, -0.1) is 0 Å². The molecule has 3 atom stereocenters. The molecule has 1 spiro atoms. The summed E-state index contributed by atoms with van der Waals surface area (Å²) >= 11 is 0. The summed E-state index contributed by atoms with van der Waals surface area (Å²) in [6.07, 6.45) is 8.80. The lowest BCUT2D eigenvalue weighted by Gasteiger charge is -2.31. The van der Waals surface area contributed by atoms with Crippen LogP contribution in [0.15, 0.2) is 0 Å². The van der Waals surface area contributed by atoms with Gasteiger partial charge in [0.25, 0.3) is 0 Å². The molecule has 0 radical (unpaired) electrons. The third kappa shape index (κ3) is 2.68. The number of nitrogens with zero attached hydrogens (tertiary/aromatic N) is 1. The first-order chi connectivity index (χ1) is 8.26. The molecule has 0 amide bonds. The van der Waals surface area contributed by atoms with Crippen LogP contribution in [0.3, 0.4) is 0 Å². The van der Waals surface area contributed by atoms with Crippen molar-refractivity contribution in [3.05, 3.63) is 0 Å². The number of likely N-dealkylation sites (tertiary alicyclic amines) is 1. The zero-order valence-corrected chi connectivity index (χ0v) is 11.4. The molecule has 2 heterocycles. The Balaban J connectivity index is 1.50. The van der Waals surface area contributed by atoms with E-state index in [1.807, 2.05) is 0 Å². The molecule has 0 aromatic heterocycles. The SMILES string of the molecule is CC1CCCC(CN2CCC3(CCNC3)C2)C1. The fraction of sp³-hybridized carbons (Fsp3) is 1.00. The van der Waals surface area contributed by atoms with E-state index in [4.69, 9.17) is 0 Å². The molecule has 2 nitrogen and oxygen atoms in total. The van der Waals surface area contributed by atoms with Crippen LogP contribution in [0.25, 0.3) is 0 Å². The van der Waals surface area contributed by atoms with E-state index in [2.05, 4.69) is 17.1 Å². The maximum Gasteiger partial charge on any atom is 0.00512 e. The van der Waals surface area contributed by atoms with Crippen molar-refractivity contribution >= 4 is 0 Å². The van der Waals surface area contributed by atoms with Crippen LogP contribution >= 0.6 is 0 Å². The number of hydrogen-bond acceptors (Lipinski definition) is 2. The van der Waals surface area contributed by atoms with Gasteiger partial charge in [0.2, 0.25) is 0 Å². The molecular weight excluding hydrogens is 208 g/mol. The van der Waals surface area contributed by atoms with Gasteiger partial charge < -0.3 is 10.2 Å². The Hall–Kier alpha value is -0.0800. The minimum Gasteiger partial charge on any atom is -0.316 e. The highest BCUT2D eigenvalue weighted by atomic mass is 15.2. The quantitative estimate of drug-likeness (QED) is 0.792. The second-order valence-electron chi connectivity index (χ2n) is 7.05. The van der Waals surface area contributed by atoms with Gasteiger partial charge >= 0.3 is 0 Å². The lowest BCUT2D eigenvalue weighted by molar-refractivity contribution is 0.189. The maximum atomic E-state index is 3.56. The molecule has 1 saturated carbocycles. The van der Waals surface area contributed by atoms with Crippen molar-refractivity contribution in [1.29, 1.82) is 0 Å². The molecule has 3 fully saturated rings. The van der Waals surface area contributed by atoms with Crippen LogP contribution in [0.1, 0.15) is 45.4 Å². The minimum absolute atomic E-state index is 0.667. The topological polar surface area (TPSA) is 15.3 Å². The zero-order valence-electron chi connectivity index (χ0n) is 11.4. The first kappa shape index (κ1) is 12.0. The number of nitrogens with one attached hydrogen (secondary N) is 1. The average molecular weight is 236 g/mol. The fourth-order valence-electron chi connectivity index (χ4n) is 4.42. The van der Waals surface area contributed by atoms with Crippen LogP contribution in [0, 0.1) is 17.3 Å². The number of hydrogen-bond donors (Lipinski definition) is 1. The van der Waals surface area contributed by atoms with Crippen LogP contribution in [-0.2, 0) is 0 Å². The molecule has 1 N–H and O–H groups in total. The van der Waals surface area contributed by atoms with Gasteiger partial charge in [0.05, 0.1) is 0 Å². The molecule has 1 aliphatic carbocycles. The second-order valence-corrected chi connectivity index (χ2v) is 7.05. The minimum atomic E-state index is 0.667. The van der Waals surface area contributed by atoms with E-state index in [1.54, 1.807) is 0 Å². The summed E-state index contributed by atoms with van der Waals surface area (Å²) in [6.45, 7) is 9.13. The van der Waals surface area contributed by atoms with Crippen molar-refractivity contribution in [2.45, 2.75) is 45.4 Å². The largest absolute Gasteiger partial charge is 0.316 e. The van der Waals surface area contributed by atoms with Gasteiger partial charge in [-0.1, -0.05) is 19.8 Å². The lowest BCUT2D eigenvalue weighted by Crippen LogP contribution is -2.33. The van der Waals surface area contributed by atoms with Gasteiger partial charge in [0.1, 0.15) is 0 Å². The highest BCUT2D eigenvalue weighted by Crippen LogP contribution is 2.37. The monoisotopic (exact) mass is 236 g/mol. The molecule has 3 unspecified atom stereocenters. The van der Waals surface area contributed by atoms with E-state index < -0.39 is 0 Å². The Labute approximate surface area is 106 Å². The van der Waals surface area contributed by atoms with Crippen LogP contribution in [0.4, 0.5) is 0 Å². The predicted octanol–water partition coefficient (Wildman–Crippen LogP) is 2.50. The van der Waals surface area contributed by atoms with Crippen molar-refractivity contribution in [1.82, 2.24) is 10.2 Å². The smallest absolute Gasteiger partial charge is 0.00512 e. The highest BCUT2D eigenvalue weighted by molar-refractivity contribution is 4.96. The molecule has 3 aliphatic rings. The maximum absolute atomic E-state index is 3.56. The van der Waals surface area contributed by atoms with Gasteiger partial charge in [0.15, 0.2) is 0 Å². The average Bonchev–Trinajstić information content (AvgIpc) is 2.90. The van der Waals surface area contributed by atoms with E-state index in [-0.39, 0.29) is 0 Å². The van der Waals surface area contributed by atoms with Gasteiger partial charge in [-0.05, 0) is 56.0 Å². The molecule has 17 heavy (non-hydrogen) atoms. The summed E-state index contributed by atoms with van der Waals surface area (Å²) < 4.78 is 0. The Kier molecular flexibility index (Phi) is 3.45. The Morgan fingerprint density at radius 2 is 2.24 bits per heavy atom. The molecule has 98 valence electrons. The first-order valence-electron chi connectivity index (χ1n) is 7.69. The summed E-state index contributed by atoms with van der Waals surface area (Å²) in [4.78, 5) is 2.77. The van der Waals surface area contributed by atoms with Crippen LogP contribution in [-0.4, -0.2) is 37.6 Å². The molecule has 2 aliphatic heterocycles. The Morgan fingerprint density at radius 3 is 3.00 bits per heavy atom. The van der Waals surface area contributed by atoms with E-state index in [9.17, 15) is 0 Å². The van der Waals surface area contributed by atoms with E-state index in [0.717, 1.165) is 11.8 Å². The molecule has 0 bridgehead atoms. The number of rotatable bonds is 2. The predicted molar refractivity (Wildman–Crippen MR) is 72.1 cm³/mol. The van der Waals surface area contributed by atoms with Gasteiger partial charge in [-0.3, -0.25) is 0 Å².